The molecule has 0 fully saturated rings. The Morgan fingerprint density at radius 1 is 1.22 bits per heavy atom. The number of aryl methyl sites for hydroxylation is 2. The highest BCUT2D eigenvalue weighted by atomic mass is 35.5. The fourth-order valence-electron chi connectivity index (χ4n) is 2.87. The van der Waals surface area contributed by atoms with Crippen molar-refractivity contribution in [1.29, 1.82) is 0 Å². The maximum Gasteiger partial charge on any atom is 0.347 e. The Hall–Kier alpha value is -2.70. The molecule has 4 aromatic rings. The van der Waals surface area contributed by atoms with Gasteiger partial charge < -0.3 is 4.42 Å². The summed E-state index contributed by atoms with van der Waals surface area (Å²) in [7, 11) is 0. The highest BCUT2D eigenvalue weighted by Gasteiger charge is 2.19. The Kier molecular flexibility index (Phi) is 4.45. The minimum absolute atomic E-state index is 0.145. The number of benzene rings is 1. The van der Waals surface area contributed by atoms with Crippen LogP contribution in [0.25, 0.3) is 28.3 Å². The minimum Gasteiger partial charge on any atom is -0.401 e. The first-order valence-electron chi connectivity index (χ1n) is 8.29. The predicted molar refractivity (Wildman–Crippen MR) is 105 cm³/mol. The summed E-state index contributed by atoms with van der Waals surface area (Å²) in [5.74, 6) is 0.582. The van der Waals surface area contributed by atoms with Crippen molar-refractivity contribution in [2.75, 3.05) is 0 Å². The second-order valence-electron chi connectivity index (χ2n) is 6.02. The fourth-order valence-corrected chi connectivity index (χ4v) is 3.34. The van der Waals surface area contributed by atoms with Crippen LogP contribution in [0.5, 0.6) is 0 Å². The first kappa shape index (κ1) is 17.7. The predicted octanol–water partition coefficient (Wildman–Crippen LogP) is 4.61. The fraction of sp³-hybridized carbons (Fsp3) is 0.158. The third-order valence-corrected chi connectivity index (χ3v) is 4.68. The summed E-state index contributed by atoms with van der Waals surface area (Å²) in [5, 5.41) is 5.75. The third-order valence-electron chi connectivity index (χ3n) is 4.17. The highest BCUT2D eigenvalue weighted by molar-refractivity contribution is 6.32. The molecule has 0 radical (unpaired) electrons. The average molecular weight is 401 g/mol. The summed E-state index contributed by atoms with van der Waals surface area (Å²) in [6, 6.07) is 8.57. The normalized spacial score (nSPS) is 11.3. The van der Waals surface area contributed by atoms with Crippen molar-refractivity contribution in [3.63, 3.8) is 0 Å². The van der Waals surface area contributed by atoms with E-state index in [9.17, 15) is 4.79 Å². The van der Waals surface area contributed by atoms with E-state index in [0.29, 0.717) is 38.9 Å². The van der Waals surface area contributed by atoms with Crippen molar-refractivity contribution in [3.8, 4) is 17.4 Å². The Bertz CT molecular complexity index is 1230. The van der Waals surface area contributed by atoms with Gasteiger partial charge in [0, 0.05) is 11.2 Å². The van der Waals surface area contributed by atoms with E-state index < -0.39 is 5.63 Å². The second-order valence-corrected chi connectivity index (χ2v) is 6.86. The van der Waals surface area contributed by atoms with Gasteiger partial charge in [-0.1, -0.05) is 30.1 Å². The van der Waals surface area contributed by atoms with E-state index in [0.717, 1.165) is 11.3 Å². The zero-order valence-electron chi connectivity index (χ0n) is 14.5. The molecule has 8 heteroatoms. The van der Waals surface area contributed by atoms with Gasteiger partial charge in [0.2, 0.25) is 5.89 Å². The average Bonchev–Trinajstić information content (AvgIpc) is 3.07. The van der Waals surface area contributed by atoms with Gasteiger partial charge in [-0.15, -0.1) is 0 Å². The molecule has 0 saturated carbocycles. The number of pyridine rings is 1. The summed E-state index contributed by atoms with van der Waals surface area (Å²) in [5.41, 5.74) is 2.09. The van der Waals surface area contributed by atoms with Crippen LogP contribution in [0.2, 0.25) is 10.0 Å². The van der Waals surface area contributed by atoms with Gasteiger partial charge in [0.25, 0.3) is 0 Å². The molecule has 0 amide bonds. The van der Waals surface area contributed by atoms with Crippen LogP contribution in [0, 0.1) is 6.92 Å². The monoisotopic (exact) mass is 400 g/mol. The quantitative estimate of drug-likeness (QED) is 0.501. The molecule has 3 heterocycles. The van der Waals surface area contributed by atoms with Crippen molar-refractivity contribution >= 4 is 34.1 Å². The molecule has 0 bridgehead atoms. The molecule has 0 aliphatic heterocycles. The third kappa shape index (κ3) is 3.11. The SMILES string of the molecule is CCc1cc(-c2nc3c(C)cc(Cl)cc3c(=O)o2)n(-c2ncccc2Cl)n1. The molecule has 0 N–H and O–H groups in total. The van der Waals surface area contributed by atoms with E-state index in [1.54, 1.807) is 35.1 Å². The summed E-state index contributed by atoms with van der Waals surface area (Å²) < 4.78 is 7.03. The lowest BCUT2D eigenvalue weighted by Crippen LogP contribution is -2.08. The Morgan fingerprint density at radius 2 is 2.04 bits per heavy atom. The zero-order chi connectivity index (χ0) is 19.1. The van der Waals surface area contributed by atoms with Crippen LogP contribution in [0.4, 0.5) is 0 Å². The number of rotatable bonds is 3. The smallest absolute Gasteiger partial charge is 0.347 e. The molecule has 27 heavy (non-hydrogen) atoms. The van der Waals surface area contributed by atoms with Gasteiger partial charge in [-0.2, -0.15) is 5.10 Å². The Labute approximate surface area is 164 Å². The lowest BCUT2D eigenvalue weighted by Gasteiger charge is -2.08. The number of nitrogens with zero attached hydrogens (tertiary/aromatic N) is 4. The van der Waals surface area contributed by atoms with Gasteiger partial charge in [0.1, 0.15) is 5.69 Å². The van der Waals surface area contributed by atoms with E-state index >= 15 is 0 Å². The molecule has 136 valence electrons. The summed E-state index contributed by atoms with van der Waals surface area (Å²) in [4.78, 5) is 21.4. The van der Waals surface area contributed by atoms with Crippen molar-refractivity contribution in [2.24, 2.45) is 0 Å². The zero-order valence-corrected chi connectivity index (χ0v) is 16.0. The molecule has 0 aliphatic carbocycles. The minimum atomic E-state index is -0.515. The molecule has 0 spiro atoms. The number of halogens is 2. The van der Waals surface area contributed by atoms with Crippen LogP contribution >= 0.6 is 23.2 Å². The van der Waals surface area contributed by atoms with Crippen LogP contribution in [0.1, 0.15) is 18.2 Å². The van der Waals surface area contributed by atoms with Crippen molar-refractivity contribution in [1.82, 2.24) is 19.7 Å². The second kappa shape index (κ2) is 6.79. The molecule has 1 aromatic carbocycles. The van der Waals surface area contributed by atoms with Crippen molar-refractivity contribution in [2.45, 2.75) is 20.3 Å². The van der Waals surface area contributed by atoms with Crippen LogP contribution in [0.3, 0.4) is 0 Å². The van der Waals surface area contributed by atoms with E-state index in [-0.39, 0.29) is 5.89 Å². The standard InChI is InChI=1S/C19H14Cl2N4O2/c1-3-12-9-15(25(24-12)17-14(21)5-4-6-22-17)18-23-16-10(2)7-11(20)8-13(16)19(26)27-18/h4-9H,3H2,1-2H3. The van der Waals surface area contributed by atoms with Crippen LogP contribution in [-0.2, 0) is 6.42 Å². The lowest BCUT2D eigenvalue weighted by atomic mass is 10.1. The van der Waals surface area contributed by atoms with Crippen LogP contribution < -0.4 is 5.63 Å². The molecule has 6 nitrogen and oxygen atoms in total. The molecular weight excluding hydrogens is 387 g/mol. The van der Waals surface area contributed by atoms with E-state index in [4.69, 9.17) is 27.6 Å². The number of aromatic nitrogens is 4. The van der Waals surface area contributed by atoms with Gasteiger partial charge in [0.15, 0.2) is 5.82 Å². The van der Waals surface area contributed by atoms with E-state index in [1.807, 2.05) is 19.9 Å². The Morgan fingerprint density at radius 3 is 2.78 bits per heavy atom. The van der Waals surface area contributed by atoms with Gasteiger partial charge in [0.05, 0.1) is 21.6 Å². The van der Waals surface area contributed by atoms with E-state index in [1.165, 1.54) is 0 Å². The molecule has 3 aromatic heterocycles. The van der Waals surface area contributed by atoms with Gasteiger partial charge in [-0.3, -0.25) is 0 Å². The molecule has 0 unspecified atom stereocenters. The molecule has 0 aliphatic rings. The molecule has 0 saturated heterocycles. The number of hydrogen-bond acceptors (Lipinski definition) is 5. The van der Waals surface area contributed by atoms with Gasteiger partial charge >= 0.3 is 5.63 Å². The Balaban J connectivity index is 2.01. The van der Waals surface area contributed by atoms with Gasteiger partial charge in [-0.05, 0) is 49.2 Å². The molecular formula is C19H14Cl2N4O2. The topological polar surface area (TPSA) is 73.8 Å². The lowest BCUT2D eigenvalue weighted by molar-refractivity contribution is 0.513. The van der Waals surface area contributed by atoms with Crippen LogP contribution in [-0.4, -0.2) is 19.7 Å². The van der Waals surface area contributed by atoms with Gasteiger partial charge in [-0.25, -0.2) is 19.4 Å². The van der Waals surface area contributed by atoms with Crippen LogP contribution in [0.15, 0.2) is 45.7 Å². The summed E-state index contributed by atoms with van der Waals surface area (Å²) in [6.07, 6.45) is 2.31. The highest BCUT2D eigenvalue weighted by Crippen LogP contribution is 2.27. The first-order chi connectivity index (χ1) is 13.0. The maximum absolute atomic E-state index is 12.5. The molecule has 0 atom stereocenters. The molecule has 4 rings (SSSR count). The summed E-state index contributed by atoms with van der Waals surface area (Å²) >= 11 is 12.3. The number of fused-ring (bicyclic) bond motifs is 1. The van der Waals surface area contributed by atoms with Crippen molar-refractivity contribution < 1.29 is 4.42 Å². The summed E-state index contributed by atoms with van der Waals surface area (Å²) in [6.45, 7) is 3.82. The number of hydrogen-bond donors (Lipinski definition) is 0. The maximum atomic E-state index is 12.5. The van der Waals surface area contributed by atoms with E-state index in [2.05, 4.69) is 15.1 Å². The first-order valence-corrected chi connectivity index (χ1v) is 9.04. The van der Waals surface area contributed by atoms with Crippen molar-refractivity contribution in [3.05, 3.63) is 68.3 Å². The largest absolute Gasteiger partial charge is 0.401 e.